The Morgan fingerprint density at radius 2 is 1.89 bits per heavy atom. The van der Waals surface area contributed by atoms with Crippen LogP contribution >= 0.6 is 0 Å². The quantitative estimate of drug-likeness (QED) is 0.549. The van der Waals surface area contributed by atoms with Crippen LogP contribution in [-0.2, 0) is 19.6 Å². The molecule has 1 aromatic heterocycles. The molecule has 0 fully saturated rings. The van der Waals surface area contributed by atoms with Crippen molar-refractivity contribution in [1.29, 1.82) is 0 Å². The van der Waals surface area contributed by atoms with Crippen LogP contribution in [0.3, 0.4) is 0 Å². The van der Waals surface area contributed by atoms with Crippen molar-refractivity contribution in [3.05, 3.63) is 89.0 Å². The molecule has 0 saturated carbocycles. The smallest absolute Gasteiger partial charge is 0.256 e. The van der Waals surface area contributed by atoms with E-state index in [1.54, 1.807) is 23.1 Å². The summed E-state index contributed by atoms with van der Waals surface area (Å²) in [5.74, 6) is 0.127. The van der Waals surface area contributed by atoms with E-state index in [1.165, 1.54) is 17.2 Å². The average molecular weight is 491 g/mol. The van der Waals surface area contributed by atoms with Gasteiger partial charge >= 0.3 is 0 Å². The van der Waals surface area contributed by atoms with Gasteiger partial charge in [0.25, 0.3) is 5.91 Å². The number of benzene rings is 2. The summed E-state index contributed by atoms with van der Waals surface area (Å²) in [5.41, 5.74) is 4.68. The molecule has 7 nitrogen and oxygen atoms in total. The molecule has 188 valence electrons. The molecular weight excluding hydrogens is 459 g/mol. The van der Waals surface area contributed by atoms with Gasteiger partial charge in [-0.25, -0.2) is 4.39 Å². The standard InChI is InChI=1S/C28H31FN4O3/c1-31-12-13-33(18-24(34)17-32-11-10-20-4-2-3-5-21(20)16-32)28(35)26-9-8-25(14-27(26)31)36-19-23-7-6-22(29)15-30-23/h2-9,14-15,24,34H,10-13,16-19H2,1H3. The Kier molecular flexibility index (Phi) is 7.16. The summed E-state index contributed by atoms with van der Waals surface area (Å²) in [5, 5.41) is 10.9. The number of likely N-dealkylation sites (N-methyl/N-ethyl adjacent to an activating group) is 1. The molecule has 36 heavy (non-hydrogen) atoms. The molecule has 2 aromatic carbocycles. The van der Waals surface area contributed by atoms with E-state index in [0.717, 1.165) is 31.4 Å². The number of anilines is 1. The van der Waals surface area contributed by atoms with E-state index in [0.29, 0.717) is 43.2 Å². The van der Waals surface area contributed by atoms with Crippen LogP contribution in [0.5, 0.6) is 5.75 Å². The fraction of sp³-hybridized carbons (Fsp3) is 0.357. The maximum absolute atomic E-state index is 13.4. The maximum atomic E-state index is 13.4. The Bertz CT molecular complexity index is 1220. The predicted molar refractivity (Wildman–Crippen MR) is 136 cm³/mol. The lowest BCUT2D eigenvalue weighted by Gasteiger charge is -2.32. The molecule has 2 aliphatic heterocycles. The minimum atomic E-state index is -0.628. The molecule has 0 radical (unpaired) electrons. The molecule has 1 amide bonds. The molecule has 3 aromatic rings. The van der Waals surface area contributed by atoms with Crippen LogP contribution in [0.15, 0.2) is 60.8 Å². The molecule has 1 atom stereocenters. The molecule has 8 heteroatoms. The second-order valence-electron chi connectivity index (χ2n) is 9.52. The number of aliphatic hydroxyl groups is 1. The molecular formula is C28H31FN4O3. The first-order chi connectivity index (χ1) is 17.5. The van der Waals surface area contributed by atoms with Gasteiger partial charge in [0.15, 0.2) is 0 Å². The number of carbonyl (C=O) groups is 1. The maximum Gasteiger partial charge on any atom is 0.256 e. The van der Waals surface area contributed by atoms with Crippen LogP contribution in [-0.4, -0.2) is 71.7 Å². The molecule has 5 rings (SSSR count). The fourth-order valence-corrected chi connectivity index (χ4v) is 4.90. The molecule has 1 N–H and O–H groups in total. The van der Waals surface area contributed by atoms with Crippen LogP contribution < -0.4 is 9.64 Å². The van der Waals surface area contributed by atoms with Gasteiger partial charge in [0.2, 0.25) is 0 Å². The monoisotopic (exact) mass is 490 g/mol. The van der Waals surface area contributed by atoms with Crippen molar-refractivity contribution in [2.24, 2.45) is 0 Å². The minimum absolute atomic E-state index is 0.0934. The number of aromatic nitrogens is 1. The molecule has 3 heterocycles. The average Bonchev–Trinajstić information content (AvgIpc) is 3.00. The second kappa shape index (κ2) is 10.6. The summed E-state index contributed by atoms with van der Waals surface area (Å²) in [6, 6.07) is 16.8. The zero-order valence-corrected chi connectivity index (χ0v) is 20.4. The number of halogens is 1. The van der Waals surface area contributed by atoms with E-state index < -0.39 is 6.10 Å². The Hall–Kier alpha value is -3.49. The summed E-state index contributed by atoms with van der Waals surface area (Å²) >= 11 is 0. The van der Waals surface area contributed by atoms with Gasteiger partial charge in [0.05, 0.1) is 29.2 Å². The van der Waals surface area contributed by atoms with Crippen LogP contribution in [0.4, 0.5) is 10.1 Å². The molecule has 0 aliphatic carbocycles. The summed E-state index contributed by atoms with van der Waals surface area (Å²) in [7, 11) is 1.95. The third-order valence-corrected chi connectivity index (χ3v) is 6.89. The predicted octanol–water partition coefficient (Wildman–Crippen LogP) is 3.11. The Morgan fingerprint density at radius 1 is 1.06 bits per heavy atom. The number of rotatable bonds is 7. The minimum Gasteiger partial charge on any atom is -0.487 e. The first-order valence-corrected chi connectivity index (χ1v) is 12.3. The highest BCUT2D eigenvalue weighted by Gasteiger charge is 2.28. The highest BCUT2D eigenvalue weighted by atomic mass is 19.1. The van der Waals surface area contributed by atoms with Crippen molar-refractivity contribution in [2.75, 3.05) is 44.7 Å². The molecule has 0 saturated heterocycles. The summed E-state index contributed by atoms with van der Waals surface area (Å²) < 4.78 is 18.9. The fourth-order valence-electron chi connectivity index (χ4n) is 4.90. The van der Waals surface area contributed by atoms with E-state index in [1.807, 2.05) is 18.0 Å². The number of amides is 1. The number of hydrogen-bond acceptors (Lipinski definition) is 6. The number of nitrogens with zero attached hydrogens (tertiary/aromatic N) is 4. The summed E-state index contributed by atoms with van der Waals surface area (Å²) in [6.07, 6.45) is 1.51. The van der Waals surface area contributed by atoms with E-state index in [-0.39, 0.29) is 18.3 Å². The third-order valence-electron chi connectivity index (χ3n) is 6.89. The van der Waals surface area contributed by atoms with Gasteiger partial charge in [0.1, 0.15) is 18.2 Å². The SMILES string of the molecule is CN1CCN(CC(O)CN2CCc3ccccc3C2)C(=O)c2ccc(OCc3ccc(F)cn3)cc21. The van der Waals surface area contributed by atoms with Crippen LogP contribution in [0.1, 0.15) is 27.2 Å². The number of aliphatic hydroxyl groups excluding tert-OH is 1. The lowest BCUT2D eigenvalue weighted by Crippen LogP contribution is -2.44. The second-order valence-corrected chi connectivity index (χ2v) is 9.52. The number of fused-ring (bicyclic) bond motifs is 2. The normalized spacial score (nSPS) is 16.8. The van der Waals surface area contributed by atoms with Crippen molar-refractivity contribution in [3.8, 4) is 5.75 Å². The number of carbonyl (C=O) groups excluding carboxylic acids is 1. The Labute approximate surface area is 210 Å². The lowest BCUT2D eigenvalue weighted by molar-refractivity contribution is 0.0521. The number of pyridine rings is 1. The van der Waals surface area contributed by atoms with Crippen molar-refractivity contribution in [2.45, 2.75) is 25.7 Å². The molecule has 1 unspecified atom stereocenters. The number of β-amino-alcohol motifs (C(OH)–C–C–N with tert-alkyl or cyclic N) is 1. The Morgan fingerprint density at radius 3 is 2.69 bits per heavy atom. The zero-order valence-electron chi connectivity index (χ0n) is 20.4. The summed E-state index contributed by atoms with van der Waals surface area (Å²) in [4.78, 5) is 23.4. The zero-order chi connectivity index (χ0) is 25.1. The van der Waals surface area contributed by atoms with Crippen molar-refractivity contribution in [1.82, 2.24) is 14.8 Å². The number of ether oxygens (including phenoxy) is 1. The van der Waals surface area contributed by atoms with Crippen molar-refractivity contribution < 1.29 is 19.0 Å². The van der Waals surface area contributed by atoms with Crippen LogP contribution in [0.2, 0.25) is 0 Å². The van der Waals surface area contributed by atoms with Gasteiger partial charge in [-0.3, -0.25) is 14.7 Å². The molecule has 0 bridgehead atoms. The lowest BCUT2D eigenvalue weighted by atomic mass is 10.00. The van der Waals surface area contributed by atoms with Gasteiger partial charge in [-0.15, -0.1) is 0 Å². The van der Waals surface area contributed by atoms with Gasteiger partial charge in [-0.1, -0.05) is 24.3 Å². The van der Waals surface area contributed by atoms with E-state index >= 15 is 0 Å². The third kappa shape index (κ3) is 5.50. The Balaban J connectivity index is 1.22. The van der Waals surface area contributed by atoms with Gasteiger partial charge in [-0.05, 0) is 41.8 Å². The van der Waals surface area contributed by atoms with E-state index in [9.17, 15) is 14.3 Å². The van der Waals surface area contributed by atoms with E-state index in [2.05, 4.69) is 34.1 Å². The van der Waals surface area contributed by atoms with Gasteiger partial charge in [0, 0.05) is 52.4 Å². The first-order valence-electron chi connectivity index (χ1n) is 12.3. The largest absolute Gasteiger partial charge is 0.487 e. The van der Waals surface area contributed by atoms with E-state index in [4.69, 9.17) is 4.74 Å². The van der Waals surface area contributed by atoms with Crippen LogP contribution in [0, 0.1) is 5.82 Å². The first kappa shape index (κ1) is 24.2. The summed E-state index contributed by atoms with van der Waals surface area (Å²) in [6.45, 7) is 3.93. The van der Waals surface area contributed by atoms with Gasteiger partial charge < -0.3 is 19.6 Å². The van der Waals surface area contributed by atoms with Gasteiger partial charge in [-0.2, -0.15) is 0 Å². The highest BCUT2D eigenvalue weighted by molar-refractivity contribution is 6.00. The van der Waals surface area contributed by atoms with Crippen molar-refractivity contribution in [3.63, 3.8) is 0 Å². The molecule has 0 spiro atoms. The highest BCUT2D eigenvalue weighted by Crippen LogP contribution is 2.29. The molecule has 2 aliphatic rings. The topological polar surface area (TPSA) is 69.1 Å². The van der Waals surface area contributed by atoms with Crippen molar-refractivity contribution >= 4 is 11.6 Å². The van der Waals surface area contributed by atoms with Crippen LogP contribution in [0.25, 0.3) is 0 Å². The number of hydrogen-bond donors (Lipinski definition) is 1.